The minimum Gasteiger partial charge on any atom is -0.477 e. The van der Waals surface area contributed by atoms with E-state index in [-0.39, 0.29) is 17.7 Å². The van der Waals surface area contributed by atoms with Crippen molar-refractivity contribution < 1.29 is 19.4 Å². The van der Waals surface area contributed by atoms with Gasteiger partial charge in [0.1, 0.15) is 11.3 Å². The highest BCUT2D eigenvalue weighted by atomic mass is 16.6. The number of hydrogen-bond acceptors (Lipinski definition) is 4. The minimum absolute atomic E-state index is 0.0422. The van der Waals surface area contributed by atoms with Crippen LogP contribution < -0.4 is 0 Å². The summed E-state index contributed by atoms with van der Waals surface area (Å²) in [6, 6.07) is 1.59. The van der Waals surface area contributed by atoms with Gasteiger partial charge in [-0.25, -0.2) is 9.59 Å². The first-order valence-corrected chi connectivity index (χ1v) is 7.42. The highest BCUT2D eigenvalue weighted by Gasteiger charge is 2.30. The van der Waals surface area contributed by atoms with E-state index in [9.17, 15) is 9.59 Å². The molecule has 1 N–H and O–H groups in total. The highest BCUT2D eigenvalue weighted by Crippen LogP contribution is 2.27. The lowest BCUT2D eigenvalue weighted by atomic mass is 9.95. The predicted molar refractivity (Wildman–Crippen MR) is 79.9 cm³/mol. The first-order chi connectivity index (χ1) is 10.2. The molecule has 1 amide bonds. The van der Waals surface area contributed by atoms with Crippen LogP contribution in [0, 0.1) is 0 Å². The van der Waals surface area contributed by atoms with Crippen LogP contribution in [0.4, 0.5) is 4.79 Å². The summed E-state index contributed by atoms with van der Waals surface area (Å²) in [5.41, 5.74) is 0.350. The molecular weight excluding hydrogens is 286 g/mol. The zero-order chi connectivity index (χ0) is 16.5. The van der Waals surface area contributed by atoms with Crippen LogP contribution in [0.1, 0.15) is 55.7 Å². The Morgan fingerprint density at radius 2 is 2.09 bits per heavy atom. The Kier molecular flexibility index (Phi) is 4.44. The monoisotopic (exact) mass is 309 g/mol. The molecule has 1 aromatic rings. The molecule has 0 spiro atoms. The normalized spacial score (nSPS) is 19.1. The molecule has 7 nitrogen and oxygen atoms in total. The molecule has 1 unspecified atom stereocenters. The number of piperidine rings is 1. The summed E-state index contributed by atoms with van der Waals surface area (Å²) < 4.78 is 6.76. The second kappa shape index (κ2) is 5.98. The minimum atomic E-state index is -0.999. The standard InChI is InChI=1S/C15H23N3O4/c1-15(2,3)22-14(21)18-7-5-6-10(9-18)11-8-12(13(19)20)17(4)16-11/h8,10H,5-7,9H2,1-4H3,(H,19,20). The summed E-state index contributed by atoms with van der Waals surface area (Å²) in [5, 5.41) is 13.4. The number of carbonyl (C=O) groups is 2. The van der Waals surface area contributed by atoms with Crippen LogP contribution in [0.2, 0.25) is 0 Å². The molecule has 0 aliphatic carbocycles. The molecule has 0 bridgehead atoms. The van der Waals surface area contributed by atoms with Crippen LogP contribution >= 0.6 is 0 Å². The lowest BCUT2D eigenvalue weighted by molar-refractivity contribution is 0.0197. The van der Waals surface area contributed by atoms with Gasteiger partial charge in [0.2, 0.25) is 0 Å². The van der Waals surface area contributed by atoms with E-state index in [0.717, 1.165) is 12.8 Å². The molecule has 0 saturated carbocycles. The first kappa shape index (κ1) is 16.3. The molecule has 22 heavy (non-hydrogen) atoms. The number of ether oxygens (including phenoxy) is 1. The van der Waals surface area contributed by atoms with E-state index in [4.69, 9.17) is 9.84 Å². The zero-order valence-corrected chi connectivity index (χ0v) is 13.5. The van der Waals surface area contributed by atoms with Crippen LogP contribution in [0.5, 0.6) is 0 Å². The number of nitrogens with zero attached hydrogens (tertiary/aromatic N) is 3. The number of amides is 1. The number of carbonyl (C=O) groups excluding carboxylic acids is 1. The summed E-state index contributed by atoms with van der Waals surface area (Å²) in [7, 11) is 1.61. The van der Waals surface area contributed by atoms with Gasteiger partial charge in [-0.15, -0.1) is 0 Å². The van der Waals surface area contributed by atoms with Gasteiger partial charge >= 0.3 is 12.1 Å². The van der Waals surface area contributed by atoms with Crippen molar-refractivity contribution in [1.29, 1.82) is 0 Å². The molecule has 2 rings (SSSR count). The van der Waals surface area contributed by atoms with E-state index in [0.29, 0.717) is 18.8 Å². The van der Waals surface area contributed by atoms with Crippen molar-refractivity contribution in [3.05, 3.63) is 17.5 Å². The van der Waals surface area contributed by atoms with Gasteiger partial charge in [0.05, 0.1) is 5.69 Å². The molecule has 1 fully saturated rings. The summed E-state index contributed by atoms with van der Waals surface area (Å²) in [5.74, 6) is -0.957. The number of likely N-dealkylation sites (tertiary alicyclic amines) is 1. The largest absolute Gasteiger partial charge is 0.477 e. The Bertz CT molecular complexity index is 574. The quantitative estimate of drug-likeness (QED) is 0.905. The predicted octanol–water partition coefficient (Wildman–Crippen LogP) is 2.23. The van der Waals surface area contributed by atoms with Gasteiger partial charge < -0.3 is 14.7 Å². The third-order valence-electron chi connectivity index (χ3n) is 3.61. The number of hydrogen-bond donors (Lipinski definition) is 1. The molecule has 1 aromatic heterocycles. The molecule has 1 aliphatic heterocycles. The Balaban J connectivity index is 2.09. The molecule has 1 aliphatic rings. The maximum Gasteiger partial charge on any atom is 0.410 e. The maximum absolute atomic E-state index is 12.2. The van der Waals surface area contributed by atoms with Crippen LogP contribution in [-0.2, 0) is 11.8 Å². The second-order valence-electron chi connectivity index (χ2n) is 6.65. The summed E-state index contributed by atoms with van der Waals surface area (Å²) in [6.45, 7) is 6.67. The second-order valence-corrected chi connectivity index (χ2v) is 6.65. The number of rotatable bonds is 2. The van der Waals surface area contributed by atoms with E-state index in [1.165, 1.54) is 4.68 Å². The number of aryl methyl sites for hydroxylation is 1. The average Bonchev–Trinajstić information content (AvgIpc) is 2.79. The Morgan fingerprint density at radius 3 is 2.64 bits per heavy atom. The van der Waals surface area contributed by atoms with Crippen LogP contribution in [-0.4, -0.2) is 50.5 Å². The van der Waals surface area contributed by atoms with Crippen molar-refractivity contribution >= 4 is 12.1 Å². The van der Waals surface area contributed by atoms with Gasteiger partial charge in [0, 0.05) is 26.1 Å². The first-order valence-electron chi connectivity index (χ1n) is 7.42. The molecule has 2 heterocycles. The SMILES string of the molecule is Cn1nc(C2CCCN(C(=O)OC(C)(C)C)C2)cc1C(=O)O. The molecular formula is C15H23N3O4. The smallest absolute Gasteiger partial charge is 0.410 e. The third-order valence-corrected chi connectivity index (χ3v) is 3.61. The number of carboxylic acids is 1. The molecule has 0 aromatic carbocycles. The van der Waals surface area contributed by atoms with E-state index >= 15 is 0 Å². The van der Waals surface area contributed by atoms with Gasteiger partial charge in [-0.2, -0.15) is 5.10 Å². The van der Waals surface area contributed by atoms with Crippen LogP contribution in [0.3, 0.4) is 0 Å². The summed E-state index contributed by atoms with van der Waals surface area (Å²) in [6.07, 6.45) is 1.41. The van der Waals surface area contributed by atoms with E-state index in [2.05, 4.69) is 5.10 Å². The Hall–Kier alpha value is -2.05. The zero-order valence-electron chi connectivity index (χ0n) is 13.5. The van der Waals surface area contributed by atoms with Crippen LogP contribution in [0.25, 0.3) is 0 Å². The fourth-order valence-corrected chi connectivity index (χ4v) is 2.60. The Morgan fingerprint density at radius 1 is 1.41 bits per heavy atom. The molecule has 122 valence electrons. The van der Waals surface area contributed by atoms with Crippen molar-refractivity contribution in [2.24, 2.45) is 7.05 Å². The van der Waals surface area contributed by atoms with Crippen molar-refractivity contribution in [3.8, 4) is 0 Å². The van der Waals surface area contributed by atoms with Gasteiger partial charge in [-0.1, -0.05) is 0 Å². The Labute approximate surface area is 129 Å². The number of aromatic nitrogens is 2. The molecule has 1 saturated heterocycles. The number of carboxylic acid groups (broad SMARTS) is 1. The lowest BCUT2D eigenvalue weighted by Gasteiger charge is -2.33. The molecule has 7 heteroatoms. The maximum atomic E-state index is 12.2. The molecule has 0 radical (unpaired) electrons. The number of aromatic carboxylic acids is 1. The van der Waals surface area contributed by atoms with E-state index < -0.39 is 11.6 Å². The van der Waals surface area contributed by atoms with Gasteiger partial charge in [0.15, 0.2) is 0 Å². The highest BCUT2D eigenvalue weighted by molar-refractivity contribution is 5.85. The van der Waals surface area contributed by atoms with Crippen molar-refractivity contribution in [2.45, 2.75) is 45.1 Å². The summed E-state index contributed by atoms with van der Waals surface area (Å²) in [4.78, 5) is 24.9. The lowest BCUT2D eigenvalue weighted by Crippen LogP contribution is -2.42. The van der Waals surface area contributed by atoms with Gasteiger partial charge in [0.25, 0.3) is 0 Å². The average molecular weight is 309 g/mol. The van der Waals surface area contributed by atoms with E-state index in [1.807, 2.05) is 20.8 Å². The van der Waals surface area contributed by atoms with Gasteiger partial charge in [-0.3, -0.25) is 4.68 Å². The fraction of sp³-hybridized carbons (Fsp3) is 0.667. The molecule has 1 atom stereocenters. The van der Waals surface area contributed by atoms with Crippen LogP contribution in [0.15, 0.2) is 6.07 Å². The van der Waals surface area contributed by atoms with Crippen molar-refractivity contribution in [1.82, 2.24) is 14.7 Å². The van der Waals surface area contributed by atoms with E-state index in [1.54, 1.807) is 18.0 Å². The van der Waals surface area contributed by atoms with Crippen molar-refractivity contribution in [2.75, 3.05) is 13.1 Å². The third kappa shape index (κ3) is 3.78. The summed E-state index contributed by atoms with van der Waals surface area (Å²) >= 11 is 0. The fourth-order valence-electron chi connectivity index (χ4n) is 2.60. The van der Waals surface area contributed by atoms with Crippen molar-refractivity contribution in [3.63, 3.8) is 0 Å². The van der Waals surface area contributed by atoms with Gasteiger partial charge in [-0.05, 0) is 39.7 Å². The topological polar surface area (TPSA) is 84.7 Å².